The summed E-state index contributed by atoms with van der Waals surface area (Å²) < 4.78 is 45.5. The van der Waals surface area contributed by atoms with Crippen molar-refractivity contribution >= 4 is 11.6 Å². The molecule has 1 amide bonds. The van der Waals surface area contributed by atoms with Crippen LogP contribution in [0.15, 0.2) is 22.7 Å². The fraction of sp³-hybridized carbons (Fsp3) is 0.542. The summed E-state index contributed by atoms with van der Waals surface area (Å²) in [4.78, 5) is 16.5. The number of hydrogen-bond acceptors (Lipinski definition) is 6. The van der Waals surface area contributed by atoms with Gasteiger partial charge in [-0.15, -0.1) is 0 Å². The van der Waals surface area contributed by atoms with Gasteiger partial charge in [-0.25, -0.2) is 0 Å². The second-order valence-corrected chi connectivity index (χ2v) is 9.33. The summed E-state index contributed by atoms with van der Waals surface area (Å²) in [7, 11) is 0. The van der Waals surface area contributed by atoms with Crippen molar-refractivity contribution in [3.8, 4) is 6.07 Å². The minimum Gasteiger partial charge on any atom is -0.396 e. The zero-order valence-corrected chi connectivity index (χ0v) is 19.2. The predicted molar refractivity (Wildman–Crippen MR) is 117 cm³/mol. The number of aryl methyl sites for hydroxylation is 2. The normalized spacial score (nSPS) is 22.6. The average Bonchev–Trinajstić information content (AvgIpc) is 3.35. The van der Waals surface area contributed by atoms with Crippen LogP contribution in [0.1, 0.15) is 41.0 Å². The van der Waals surface area contributed by atoms with Crippen LogP contribution in [0.2, 0.25) is 0 Å². The number of piperidine rings is 1. The number of amides is 1. The lowest BCUT2D eigenvalue weighted by atomic mass is 9.73. The Balaban J connectivity index is 1.48. The molecule has 0 spiro atoms. The van der Waals surface area contributed by atoms with E-state index in [1.165, 1.54) is 12.1 Å². The second kappa shape index (κ2) is 8.95. The maximum absolute atomic E-state index is 13.4. The number of anilines is 1. The van der Waals surface area contributed by atoms with E-state index in [0.717, 1.165) is 17.3 Å². The molecule has 2 aliphatic rings. The first-order chi connectivity index (χ1) is 16.1. The Morgan fingerprint density at radius 3 is 2.74 bits per heavy atom. The lowest BCUT2D eigenvalue weighted by molar-refractivity contribution is -0.138. The van der Waals surface area contributed by atoms with Crippen molar-refractivity contribution in [2.45, 2.75) is 39.3 Å². The molecule has 0 bridgehead atoms. The van der Waals surface area contributed by atoms with Crippen molar-refractivity contribution in [1.82, 2.24) is 10.1 Å². The van der Waals surface area contributed by atoms with Crippen LogP contribution in [0.3, 0.4) is 0 Å². The molecular weight excluding hydrogens is 449 g/mol. The predicted octanol–water partition coefficient (Wildman–Crippen LogP) is 3.46. The molecule has 3 heterocycles. The Morgan fingerprint density at radius 1 is 1.35 bits per heavy atom. The Morgan fingerprint density at radius 2 is 2.12 bits per heavy atom. The molecule has 1 N–H and O–H groups in total. The molecule has 4 rings (SSSR count). The van der Waals surface area contributed by atoms with Crippen LogP contribution in [0.4, 0.5) is 18.9 Å². The van der Waals surface area contributed by atoms with E-state index in [9.17, 15) is 23.1 Å². The maximum atomic E-state index is 13.4. The fourth-order valence-corrected chi connectivity index (χ4v) is 5.27. The van der Waals surface area contributed by atoms with Crippen LogP contribution in [0.5, 0.6) is 0 Å². The van der Waals surface area contributed by atoms with Crippen molar-refractivity contribution in [1.29, 1.82) is 5.26 Å². The minimum atomic E-state index is -4.63. The highest BCUT2D eigenvalue weighted by Crippen LogP contribution is 2.45. The first-order valence-corrected chi connectivity index (χ1v) is 11.2. The van der Waals surface area contributed by atoms with Crippen LogP contribution in [0.25, 0.3) is 0 Å². The topological polar surface area (TPSA) is 93.6 Å². The third-order valence-electron chi connectivity index (χ3n) is 7.36. The summed E-state index contributed by atoms with van der Waals surface area (Å²) in [5.41, 5.74) is 0.213. The quantitative estimate of drug-likeness (QED) is 0.711. The number of aliphatic hydroxyl groups excluding tert-OH is 1. The van der Waals surface area contributed by atoms with E-state index in [4.69, 9.17) is 9.78 Å². The number of benzene rings is 1. The molecule has 0 aliphatic carbocycles. The molecule has 2 saturated heterocycles. The fourth-order valence-electron chi connectivity index (χ4n) is 5.27. The minimum absolute atomic E-state index is 0.00252. The highest BCUT2D eigenvalue weighted by atomic mass is 19.4. The van der Waals surface area contributed by atoms with Gasteiger partial charge in [0.05, 0.1) is 29.5 Å². The molecule has 2 fully saturated rings. The monoisotopic (exact) mass is 476 g/mol. The van der Waals surface area contributed by atoms with Crippen molar-refractivity contribution in [2.24, 2.45) is 11.3 Å². The van der Waals surface area contributed by atoms with Crippen molar-refractivity contribution in [3.05, 3.63) is 46.3 Å². The van der Waals surface area contributed by atoms with Gasteiger partial charge in [0.2, 0.25) is 5.91 Å². The van der Waals surface area contributed by atoms with Crippen molar-refractivity contribution in [3.63, 3.8) is 0 Å². The lowest BCUT2D eigenvalue weighted by Crippen LogP contribution is -2.50. The van der Waals surface area contributed by atoms with Gasteiger partial charge < -0.3 is 19.4 Å². The third-order valence-corrected chi connectivity index (χ3v) is 7.36. The summed E-state index contributed by atoms with van der Waals surface area (Å²) in [5, 5.41) is 23.2. The smallest absolute Gasteiger partial charge is 0.396 e. The Labute approximate surface area is 195 Å². The summed E-state index contributed by atoms with van der Waals surface area (Å²) in [6, 6.07) is 5.32. The molecule has 34 heavy (non-hydrogen) atoms. The summed E-state index contributed by atoms with van der Waals surface area (Å²) in [6.07, 6.45) is -3.21. The van der Waals surface area contributed by atoms with Gasteiger partial charge >= 0.3 is 6.18 Å². The van der Waals surface area contributed by atoms with Gasteiger partial charge in [0.25, 0.3) is 0 Å². The van der Waals surface area contributed by atoms with Gasteiger partial charge in [0, 0.05) is 55.2 Å². The molecular formula is C24H27F3N4O3. The molecule has 0 saturated carbocycles. The molecule has 0 radical (unpaired) electrons. The SMILES string of the molecule is Cc1noc(C)c1CCC(=O)N1CC[C@@]2(CO)CN(c3ccc(C#N)c(C(F)(F)F)c3)C[C@H]2C1. The molecule has 10 heteroatoms. The third kappa shape index (κ3) is 4.37. The molecule has 2 atom stereocenters. The van der Waals surface area contributed by atoms with Crippen molar-refractivity contribution in [2.75, 3.05) is 37.7 Å². The van der Waals surface area contributed by atoms with E-state index < -0.39 is 22.7 Å². The van der Waals surface area contributed by atoms with Crippen LogP contribution in [-0.4, -0.2) is 53.9 Å². The van der Waals surface area contributed by atoms with Gasteiger partial charge in [-0.2, -0.15) is 18.4 Å². The highest BCUT2D eigenvalue weighted by Gasteiger charge is 2.50. The molecule has 0 unspecified atom stereocenters. The molecule has 1 aromatic carbocycles. The zero-order chi connectivity index (χ0) is 24.7. The number of nitrogens with zero attached hydrogens (tertiary/aromatic N) is 4. The number of rotatable bonds is 5. The Bertz CT molecular complexity index is 1100. The highest BCUT2D eigenvalue weighted by molar-refractivity contribution is 5.76. The standard InChI is InChI=1S/C24H27F3N4O3/c1-15-20(16(2)34-29-15)5-6-22(33)30-8-7-23(14-32)13-31(12-18(23)11-30)19-4-3-17(10-28)21(9-19)24(25,26)27/h3-4,9,18,32H,5-8,11-14H2,1-2H3/t18-,23+/m1/s1. The van der Waals surface area contributed by atoms with Gasteiger partial charge in [0.15, 0.2) is 0 Å². The van der Waals surface area contributed by atoms with Gasteiger partial charge in [0.1, 0.15) is 5.76 Å². The van der Waals surface area contributed by atoms with Crippen molar-refractivity contribution < 1.29 is 27.6 Å². The van der Waals surface area contributed by atoms with E-state index in [-0.39, 0.29) is 18.4 Å². The first-order valence-electron chi connectivity index (χ1n) is 11.2. The van der Waals surface area contributed by atoms with E-state index in [1.54, 1.807) is 11.0 Å². The number of carbonyl (C=O) groups excluding carboxylic acids is 1. The number of aliphatic hydroxyl groups is 1. The number of aromatic nitrogens is 1. The number of alkyl halides is 3. The molecule has 2 aromatic rings. The summed E-state index contributed by atoms with van der Waals surface area (Å²) >= 11 is 0. The molecule has 7 nitrogen and oxygen atoms in total. The number of nitriles is 1. The van der Waals surface area contributed by atoms with E-state index in [1.807, 2.05) is 18.7 Å². The number of halogens is 3. The number of hydrogen-bond donors (Lipinski definition) is 1. The summed E-state index contributed by atoms with van der Waals surface area (Å²) in [6.45, 7) is 5.32. The average molecular weight is 476 g/mol. The second-order valence-electron chi connectivity index (χ2n) is 9.33. The van der Waals surface area contributed by atoms with Gasteiger partial charge in [-0.1, -0.05) is 5.16 Å². The summed E-state index contributed by atoms with van der Waals surface area (Å²) in [5.74, 6) is 0.636. The zero-order valence-electron chi connectivity index (χ0n) is 19.2. The lowest BCUT2D eigenvalue weighted by Gasteiger charge is -2.42. The van der Waals surface area contributed by atoms with Crippen LogP contribution in [-0.2, 0) is 17.4 Å². The van der Waals surface area contributed by atoms with E-state index in [2.05, 4.69) is 5.16 Å². The van der Waals surface area contributed by atoms with Crippen LogP contribution in [0, 0.1) is 36.5 Å². The maximum Gasteiger partial charge on any atom is 0.417 e. The molecule has 182 valence electrons. The van der Waals surface area contributed by atoms with E-state index in [0.29, 0.717) is 56.9 Å². The number of carbonyl (C=O) groups is 1. The Kier molecular flexibility index (Phi) is 6.34. The number of fused-ring (bicyclic) bond motifs is 1. The first kappa shape index (κ1) is 24.1. The largest absolute Gasteiger partial charge is 0.417 e. The van der Waals surface area contributed by atoms with Crippen LogP contribution >= 0.6 is 0 Å². The molecule has 2 aliphatic heterocycles. The number of likely N-dealkylation sites (tertiary alicyclic amines) is 1. The van der Waals surface area contributed by atoms with E-state index >= 15 is 0 Å². The van der Waals surface area contributed by atoms with Crippen LogP contribution < -0.4 is 4.90 Å². The van der Waals surface area contributed by atoms with Gasteiger partial charge in [-0.3, -0.25) is 4.79 Å². The Hall–Kier alpha value is -3.06. The molecule has 1 aromatic heterocycles. The van der Waals surface area contributed by atoms with Gasteiger partial charge in [-0.05, 0) is 44.9 Å².